The summed E-state index contributed by atoms with van der Waals surface area (Å²) in [5, 5.41) is 0. The lowest BCUT2D eigenvalue weighted by Crippen LogP contribution is -2.33. The molecule has 2 N–H and O–H groups in total. The lowest BCUT2D eigenvalue weighted by atomic mass is 10.1. The number of amides is 2. The van der Waals surface area contributed by atoms with Crippen molar-refractivity contribution in [2.45, 2.75) is 31.3 Å². The molecule has 1 atom stereocenters. The maximum atomic E-state index is 14.7. The van der Waals surface area contributed by atoms with Crippen LogP contribution in [0.2, 0.25) is 0 Å². The van der Waals surface area contributed by atoms with Crippen LogP contribution in [0.3, 0.4) is 0 Å². The van der Waals surface area contributed by atoms with Crippen LogP contribution in [0.5, 0.6) is 0 Å². The smallest absolute Gasteiger partial charge is 0.405 e. The fraction of sp³-hybridized carbons (Fsp3) is 0.429. The minimum Gasteiger partial charge on any atom is -0.436 e. The monoisotopic (exact) mass is 356 g/mol. The second-order valence-electron chi connectivity index (χ2n) is 5.27. The molecule has 0 bridgehead atoms. The molecule has 0 aromatic heterocycles. The average Bonchev–Trinajstić information content (AvgIpc) is 3.18. The molecule has 1 saturated heterocycles. The largest absolute Gasteiger partial charge is 0.436 e. The number of rotatable bonds is 3. The number of hydrogen-bond donors (Lipinski definition) is 1. The number of halogens is 2. The van der Waals surface area contributed by atoms with Crippen LogP contribution in [-0.2, 0) is 9.53 Å². The van der Waals surface area contributed by atoms with E-state index in [0.29, 0.717) is 18.5 Å². The van der Waals surface area contributed by atoms with E-state index in [1.807, 2.05) is 0 Å². The molecule has 0 radical (unpaired) electrons. The first-order valence-electron chi connectivity index (χ1n) is 6.74. The molecule has 5 nitrogen and oxygen atoms in total. The van der Waals surface area contributed by atoms with E-state index in [1.54, 1.807) is 12.1 Å². The number of ether oxygens (including phenoxy) is 1. The summed E-state index contributed by atoms with van der Waals surface area (Å²) in [4.78, 5) is 24.3. The molecule has 1 saturated carbocycles. The molecular formula is C14H14BrFN2O3. The maximum absolute atomic E-state index is 14.7. The van der Waals surface area contributed by atoms with Crippen molar-refractivity contribution < 1.29 is 18.7 Å². The summed E-state index contributed by atoms with van der Waals surface area (Å²) in [6, 6.07) is 3.32. The number of anilines is 1. The van der Waals surface area contributed by atoms with E-state index in [1.165, 1.54) is 4.90 Å². The van der Waals surface area contributed by atoms with Crippen LogP contribution >= 0.6 is 15.9 Å². The van der Waals surface area contributed by atoms with Crippen molar-refractivity contribution in [3.8, 4) is 0 Å². The second kappa shape index (κ2) is 5.29. The van der Waals surface area contributed by atoms with Gasteiger partial charge in [-0.3, -0.25) is 4.79 Å². The van der Waals surface area contributed by atoms with Crippen LogP contribution in [0.4, 0.5) is 14.9 Å². The first-order valence-corrected chi connectivity index (χ1v) is 7.53. The normalized spacial score (nSPS) is 21.7. The predicted octanol–water partition coefficient (Wildman–Crippen LogP) is 2.67. The fourth-order valence-corrected chi connectivity index (χ4v) is 3.29. The molecule has 0 spiro atoms. The Morgan fingerprint density at radius 3 is 2.71 bits per heavy atom. The van der Waals surface area contributed by atoms with Crippen molar-refractivity contribution in [3.05, 3.63) is 28.0 Å². The van der Waals surface area contributed by atoms with Crippen molar-refractivity contribution in [1.29, 1.82) is 0 Å². The zero-order valence-electron chi connectivity index (χ0n) is 11.1. The van der Waals surface area contributed by atoms with Gasteiger partial charge >= 0.3 is 6.09 Å². The third-order valence-corrected chi connectivity index (χ3v) is 4.49. The van der Waals surface area contributed by atoms with E-state index in [2.05, 4.69) is 15.9 Å². The minimum atomic E-state index is -0.995. The quantitative estimate of drug-likeness (QED) is 0.904. The molecule has 3 rings (SSSR count). The maximum Gasteiger partial charge on any atom is 0.405 e. The highest BCUT2D eigenvalue weighted by Crippen LogP contribution is 2.46. The molecular weight excluding hydrogens is 343 g/mol. The molecule has 2 fully saturated rings. The lowest BCUT2D eigenvalue weighted by Gasteiger charge is -2.19. The Kier molecular flexibility index (Phi) is 3.61. The van der Waals surface area contributed by atoms with Gasteiger partial charge < -0.3 is 15.4 Å². The average molecular weight is 357 g/mol. The molecule has 1 aliphatic carbocycles. The van der Waals surface area contributed by atoms with Crippen LogP contribution in [-0.4, -0.2) is 24.6 Å². The topological polar surface area (TPSA) is 72.6 Å². The van der Waals surface area contributed by atoms with Gasteiger partial charge in [0.1, 0.15) is 0 Å². The molecule has 1 aromatic carbocycles. The number of benzene rings is 1. The van der Waals surface area contributed by atoms with E-state index in [9.17, 15) is 14.0 Å². The summed E-state index contributed by atoms with van der Waals surface area (Å²) in [5.41, 5.74) is 5.79. The third-order valence-electron chi connectivity index (χ3n) is 3.80. The van der Waals surface area contributed by atoms with Gasteiger partial charge in [0.15, 0.2) is 11.9 Å². The molecule has 1 aromatic rings. The molecule has 112 valence electrons. The number of nitrogens with two attached hydrogens (primary N) is 1. The van der Waals surface area contributed by atoms with Crippen molar-refractivity contribution in [2.75, 3.05) is 11.4 Å². The molecule has 2 amide bonds. The Morgan fingerprint density at radius 2 is 2.10 bits per heavy atom. The number of primary amides is 1. The molecule has 2 aliphatic rings. The van der Waals surface area contributed by atoms with Gasteiger partial charge in [-0.25, -0.2) is 9.18 Å². The van der Waals surface area contributed by atoms with Gasteiger partial charge in [0.25, 0.3) is 5.91 Å². The predicted molar refractivity (Wildman–Crippen MR) is 77.5 cm³/mol. The van der Waals surface area contributed by atoms with Gasteiger partial charge in [-0.05, 0) is 30.9 Å². The first kappa shape index (κ1) is 14.3. The summed E-state index contributed by atoms with van der Waals surface area (Å²) in [6.07, 6.45) is 0.316. The van der Waals surface area contributed by atoms with Crippen molar-refractivity contribution in [3.63, 3.8) is 0 Å². The number of nitrogens with zero attached hydrogens (tertiary/aromatic N) is 1. The van der Waals surface area contributed by atoms with Gasteiger partial charge in [0.2, 0.25) is 0 Å². The highest BCUT2D eigenvalue weighted by atomic mass is 79.9. The van der Waals surface area contributed by atoms with E-state index >= 15 is 0 Å². The van der Waals surface area contributed by atoms with Crippen molar-refractivity contribution >= 4 is 33.6 Å². The van der Waals surface area contributed by atoms with Gasteiger partial charge in [-0.2, -0.15) is 0 Å². The van der Waals surface area contributed by atoms with Crippen LogP contribution in [0.15, 0.2) is 16.6 Å². The van der Waals surface area contributed by atoms with E-state index in [-0.39, 0.29) is 17.4 Å². The molecule has 1 unspecified atom stereocenters. The highest BCUT2D eigenvalue weighted by Gasteiger charge is 2.38. The summed E-state index contributed by atoms with van der Waals surface area (Å²) in [5.74, 6) is -0.591. The second-order valence-corrected chi connectivity index (χ2v) is 6.13. The van der Waals surface area contributed by atoms with E-state index < -0.39 is 18.1 Å². The van der Waals surface area contributed by atoms with Gasteiger partial charge in [0.05, 0.1) is 5.69 Å². The summed E-state index contributed by atoms with van der Waals surface area (Å²) >= 11 is 3.36. The standard InChI is InChI=1S/C14H14BrFN2O3/c15-8-3-4-9(12(16)11(8)7-1-2-7)18-6-5-10(13(18)19)21-14(17)20/h3-4,7,10H,1-2,5-6H2,(H2,17,20). The molecule has 1 heterocycles. The Morgan fingerprint density at radius 1 is 1.38 bits per heavy atom. The highest BCUT2D eigenvalue weighted by molar-refractivity contribution is 9.10. The zero-order valence-corrected chi connectivity index (χ0v) is 12.7. The number of carbonyl (C=O) groups excluding carboxylic acids is 2. The Bertz CT molecular complexity index is 618. The SMILES string of the molecule is NC(=O)OC1CCN(c2ccc(Br)c(C3CC3)c2F)C1=O. The van der Waals surface area contributed by atoms with Crippen molar-refractivity contribution in [1.82, 2.24) is 0 Å². The summed E-state index contributed by atoms with van der Waals surface area (Å²) < 4.78 is 20.2. The van der Waals surface area contributed by atoms with Crippen LogP contribution in [0.25, 0.3) is 0 Å². The van der Waals surface area contributed by atoms with Crippen LogP contribution in [0, 0.1) is 5.82 Å². The number of carbonyl (C=O) groups is 2. The molecule has 21 heavy (non-hydrogen) atoms. The van der Waals surface area contributed by atoms with E-state index in [0.717, 1.165) is 17.3 Å². The summed E-state index contributed by atoms with van der Waals surface area (Å²) in [6.45, 7) is 0.305. The molecule has 1 aliphatic heterocycles. The fourth-order valence-electron chi connectivity index (χ4n) is 2.66. The Labute approximate surface area is 129 Å². The van der Waals surface area contributed by atoms with Crippen LogP contribution in [0.1, 0.15) is 30.7 Å². The van der Waals surface area contributed by atoms with Gasteiger partial charge in [-0.15, -0.1) is 0 Å². The Hall–Kier alpha value is -1.63. The lowest BCUT2D eigenvalue weighted by molar-refractivity contribution is -0.124. The first-order chi connectivity index (χ1) is 9.99. The van der Waals surface area contributed by atoms with Gasteiger partial charge in [-0.1, -0.05) is 15.9 Å². The van der Waals surface area contributed by atoms with Gasteiger partial charge in [0, 0.05) is 23.0 Å². The number of hydrogen-bond acceptors (Lipinski definition) is 3. The summed E-state index contributed by atoms with van der Waals surface area (Å²) in [7, 11) is 0. The molecule has 7 heteroatoms. The minimum absolute atomic E-state index is 0.217. The van der Waals surface area contributed by atoms with Crippen molar-refractivity contribution in [2.24, 2.45) is 5.73 Å². The third kappa shape index (κ3) is 2.62. The zero-order chi connectivity index (χ0) is 15.1. The van der Waals surface area contributed by atoms with Crippen LogP contribution < -0.4 is 10.6 Å². The van der Waals surface area contributed by atoms with E-state index in [4.69, 9.17) is 10.5 Å². The Balaban J connectivity index is 1.89.